The van der Waals surface area contributed by atoms with E-state index in [1.165, 1.54) is 25.7 Å². The minimum atomic E-state index is 0.0280. The molecule has 3 heteroatoms. The number of rotatable bonds is 3. The molecule has 1 unspecified atom stereocenters. The van der Waals surface area contributed by atoms with Gasteiger partial charge in [0.25, 0.3) is 0 Å². The summed E-state index contributed by atoms with van der Waals surface area (Å²) in [6.07, 6.45) is 7.13. The van der Waals surface area contributed by atoms with Gasteiger partial charge >= 0.3 is 0 Å². The molecule has 0 saturated carbocycles. The average molecular weight is 213 g/mol. The first-order valence-corrected chi connectivity index (χ1v) is 6.28. The molecule has 2 N–H and O–H groups in total. The number of nitrogens with one attached hydrogen (secondary N) is 1. The van der Waals surface area contributed by atoms with Gasteiger partial charge in [0.2, 0.25) is 0 Å². The Morgan fingerprint density at radius 2 is 2.07 bits per heavy atom. The number of aliphatic hydroxyl groups is 1. The van der Waals surface area contributed by atoms with Crippen molar-refractivity contribution in [2.45, 2.75) is 44.1 Å². The fourth-order valence-corrected chi connectivity index (χ4v) is 2.91. The topological polar surface area (TPSA) is 41.5 Å². The van der Waals surface area contributed by atoms with Crippen LogP contribution in [-0.4, -0.2) is 37.0 Å². The lowest BCUT2D eigenvalue weighted by molar-refractivity contribution is 0.0369. The third-order valence-electron chi connectivity index (χ3n) is 3.91. The van der Waals surface area contributed by atoms with Crippen LogP contribution in [0.15, 0.2) is 0 Å². The number of ether oxygens (including phenoxy) is 1. The van der Waals surface area contributed by atoms with Gasteiger partial charge in [0.1, 0.15) is 0 Å². The predicted molar refractivity (Wildman–Crippen MR) is 59.8 cm³/mol. The molecule has 2 aliphatic rings. The maximum Gasteiger partial charge on any atom is 0.0613 e. The summed E-state index contributed by atoms with van der Waals surface area (Å²) < 4.78 is 5.37. The van der Waals surface area contributed by atoms with Gasteiger partial charge in [-0.3, -0.25) is 0 Å². The van der Waals surface area contributed by atoms with Crippen molar-refractivity contribution >= 4 is 0 Å². The highest BCUT2D eigenvalue weighted by Gasteiger charge is 2.33. The molecule has 1 atom stereocenters. The highest BCUT2D eigenvalue weighted by Crippen LogP contribution is 2.30. The fraction of sp³-hybridized carbons (Fsp3) is 1.00. The summed E-state index contributed by atoms with van der Waals surface area (Å²) in [5, 5.41) is 13.1. The van der Waals surface area contributed by atoms with Gasteiger partial charge in [0.05, 0.1) is 6.61 Å². The van der Waals surface area contributed by atoms with Crippen LogP contribution in [0.1, 0.15) is 38.5 Å². The first kappa shape index (κ1) is 11.4. The largest absolute Gasteiger partial charge is 0.394 e. The Labute approximate surface area is 92.2 Å². The Bertz CT molecular complexity index is 184. The second kappa shape index (κ2) is 5.28. The van der Waals surface area contributed by atoms with Crippen LogP contribution in [0.5, 0.6) is 0 Å². The smallest absolute Gasteiger partial charge is 0.0613 e. The van der Waals surface area contributed by atoms with Crippen LogP contribution in [0.2, 0.25) is 0 Å². The van der Waals surface area contributed by atoms with E-state index in [0.29, 0.717) is 6.61 Å². The van der Waals surface area contributed by atoms with Crippen LogP contribution in [0.4, 0.5) is 0 Å². The first-order chi connectivity index (χ1) is 7.35. The van der Waals surface area contributed by atoms with Crippen LogP contribution in [0, 0.1) is 5.92 Å². The maximum absolute atomic E-state index is 9.58. The normalized spacial score (nSPS) is 34.2. The van der Waals surface area contributed by atoms with Crippen molar-refractivity contribution in [3.05, 3.63) is 0 Å². The van der Waals surface area contributed by atoms with Crippen LogP contribution >= 0.6 is 0 Å². The number of hydrogen-bond acceptors (Lipinski definition) is 3. The van der Waals surface area contributed by atoms with Crippen LogP contribution in [0.25, 0.3) is 0 Å². The van der Waals surface area contributed by atoms with Crippen molar-refractivity contribution in [1.82, 2.24) is 5.32 Å². The van der Waals surface area contributed by atoms with Gasteiger partial charge in [-0.15, -0.1) is 0 Å². The standard InChI is InChI=1S/C12H23NO2/c14-10-12(5-1-2-6-13-12)9-11-3-7-15-8-4-11/h11,13-14H,1-10H2. The van der Waals surface area contributed by atoms with Gasteiger partial charge in [0, 0.05) is 18.8 Å². The second-order valence-corrected chi connectivity index (χ2v) is 5.08. The Morgan fingerprint density at radius 3 is 2.67 bits per heavy atom. The molecule has 15 heavy (non-hydrogen) atoms. The lowest BCUT2D eigenvalue weighted by Gasteiger charge is -2.40. The molecular weight excluding hydrogens is 190 g/mol. The van der Waals surface area contributed by atoms with Gasteiger partial charge in [0.15, 0.2) is 0 Å². The monoisotopic (exact) mass is 213 g/mol. The Morgan fingerprint density at radius 1 is 1.27 bits per heavy atom. The van der Waals surface area contributed by atoms with Gasteiger partial charge in [-0.2, -0.15) is 0 Å². The predicted octanol–water partition coefficient (Wildman–Crippen LogP) is 1.31. The Kier molecular flexibility index (Phi) is 4.00. The summed E-state index contributed by atoms with van der Waals surface area (Å²) in [5.74, 6) is 0.747. The molecule has 0 radical (unpaired) electrons. The second-order valence-electron chi connectivity index (χ2n) is 5.08. The van der Waals surface area contributed by atoms with E-state index in [2.05, 4.69) is 5.32 Å². The molecule has 2 rings (SSSR count). The van der Waals surface area contributed by atoms with Gasteiger partial charge in [-0.05, 0) is 44.6 Å². The van der Waals surface area contributed by atoms with Crippen LogP contribution in [0.3, 0.4) is 0 Å². The van der Waals surface area contributed by atoms with Crippen molar-refractivity contribution in [2.75, 3.05) is 26.4 Å². The molecule has 0 aromatic heterocycles. The highest BCUT2D eigenvalue weighted by molar-refractivity contribution is 4.92. The number of aliphatic hydroxyl groups excluding tert-OH is 1. The van der Waals surface area contributed by atoms with Crippen molar-refractivity contribution < 1.29 is 9.84 Å². The maximum atomic E-state index is 9.58. The van der Waals surface area contributed by atoms with E-state index in [4.69, 9.17) is 4.74 Å². The molecule has 2 heterocycles. The lowest BCUT2D eigenvalue weighted by Crippen LogP contribution is -2.52. The molecule has 88 valence electrons. The van der Waals surface area contributed by atoms with Gasteiger partial charge < -0.3 is 15.2 Å². The summed E-state index contributed by atoms with van der Waals surface area (Å²) in [4.78, 5) is 0. The minimum Gasteiger partial charge on any atom is -0.394 e. The summed E-state index contributed by atoms with van der Waals surface area (Å²) in [7, 11) is 0. The van der Waals surface area contributed by atoms with Crippen molar-refractivity contribution in [1.29, 1.82) is 0 Å². The molecular formula is C12H23NO2. The fourth-order valence-electron chi connectivity index (χ4n) is 2.91. The minimum absolute atomic E-state index is 0.0280. The third kappa shape index (κ3) is 2.92. The molecule has 0 aliphatic carbocycles. The van der Waals surface area contributed by atoms with Crippen molar-refractivity contribution in [2.24, 2.45) is 5.92 Å². The molecule has 0 amide bonds. The average Bonchev–Trinajstić information content (AvgIpc) is 2.32. The molecule has 2 aliphatic heterocycles. The zero-order valence-corrected chi connectivity index (χ0v) is 9.50. The van der Waals surface area contributed by atoms with E-state index in [-0.39, 0.29) is 5.54 Å². The molecule has 0 aromatic rings. The van der Waals surface area contributed by atoms with E-state index in [0.717, 1.165) is 38.5 Å². The quantitative estimate of drug-likeness (QED) is 0.742. The lowest BCUT2D eigenvalue weighted by atomic mass is 9.79. The summed E-state index contributed by atoms with van der Waals surface area (Å²) in [6, 6.07) is 0. The zero-order valence-electron chi connectivity index (χ0n) is 9.50. The van der Waals surface area contributed by atoms with Crippen LogP contribution in [-0.2, 0) is 4.74 Å². The highest BCUT2D eigenvalue weighted by atomic mass is 16.5. The van der Waals surface area contributed by atoms with Crippen molar-refractivity contribution in [3.8, 4) is 0 Å². The first-order valence-electron chi connectivity index (χ1n) is 6.28. The van der Waals surface area contributed by atoms with E-state index in [9.17, 15) is 5.11 Å². The Hall–Kier alpha value is -0.120. The molecule has 3 nitrogen and oxygen atoms in total. The molecule has 2 fully saturated rings. The molecule has 2 saturated heterocycles. The molecule has 0 aromatic carbocycles. The van der Waals surface area contributed by atoms with E-state index >= 15 is 0 Å². The summed E-state index contributed by atoms with van der Waals surface area (Å²) in [6.45, 7) is 3.19. The van der Waals surface area contributed by atoms with Crippen molar-refractivity contribution in [3.63, 3.8) is 0 Å². The van der Waals surface area contributed by atoms with E-state index in [1.54, 1.807) is 0 Å². The van der Waals surface area contributed by atoms with Gasteiger partial charge in [-0.1, -0.05) is 6.42 Å². The van der Waals surface area contributed by atoms with Gasteiger partial charge in [-0.25, -0.2) is 0 Å². The van der Waals surface area contributed by atoms with Crippen LogP contribution < -0.4 is 5.32 Å². The molecule has 0 bridgehead atoms. The summed E-state index contributed by atoms with van der Waals surface area (Å²) in [5.41, 5.74) is 0.0280. The number of piperidine rings is 1. The van der Waals surface area contributed by atoms with E-state index < -0.39 is 0 Å². The van der Waals surface area contributed by atoms with E-state index in [1.807, 2.05) is 0 Å². The summed E-state index contributed by atoms with van der Waals surface area (Å²) >= 11 is 0. The SMILES string of the molecule is OCC1(CC2CCOCC2)CCCCN1. The molecule has 0 spiro atoms. The zero-order chi connectivity index (χ0) is 10.6. The number of hydrogen-bond donors (Lipinski definition) is 2. The third-order valence-corrected chi connectivity index (χ3v) is 3.91. The Balaban J connectivity index is 1.87.